The van der Waals surface area contributed by atoms with Crippen LogP contribution < -0.4 is 5.01 Å². The van der Waals surface area contributed by atoms with E-state index in [4.69, 9.17) is 16.7 Å². The van der Waals surface area contributed by atoms with Crippen molar-refractivity contribution in [3.8, 4) is 11.3 Å². The molecule has 3 aromatic rings. The second-order valence-corrected chi connectivity index (χ2v) is 6.74. The minimum absolute atomic E-state index is 0.107. The smallest absolute Gasteiger partial charge is 0.336 e. The van der Waals surface area contributed by atoms with Crippen molar-refractivity contribution in [2.45, 2.75) is 0 Å². The van der Waals surface area contributed by atoms with Crippen LogP contribution in [0.1, 0.15) is 15.9 Å². The molecule has 0 aliphatic rings. The van der Waals surface area contributed by atoms with Crippen molar-refractivity contribution in [1.82, 2.24) is 4.98 Å². The minimum Gasteiger partial charge on any atom is -0.478 e. The number of nitrogens with zero attached hydrogens (tertiary/aromatic N) is 3. The number of hydrogen-bond acceptors (Lipinski definition) is 5. The summed E-state index contributed by atoms with van der Waals surface area (Å²) in [5, 5.41) is 14.6. The Labute approximate surface area is 162 Å². The van der Waals surface area contributed by atoms with Crippen LogP contribution >= 0.6 is 22.9 Å². The van der Waals surface area contributed by atoms with E-state index in [1.807, 2.05) is 0 Å². The number of halogens is 3. The van der Waals surface area contributed by atoms with Gasteiger partial charge in [-0.2, -0.15) is 9.49 Å². The summed E-state index contributed by atoms with van der Waals surface area (Å²) < 4.78 is 27.5. The summed E-state index contributed by atoms with van der Waals surface area (Å²) in [6, 6.07) is 10.1. The fraction of sp³-hybridized carbons (Fsp3) is 0.0556. The van der Waals surface area contributed by atoms with Crippen molar-refractivity contribution in [2.24, 2.45) is 5.10 Å². The number of rotatable bonds is 5. The fourth-order valence-corrected chi connectivity index (χ4v) is 3.23. The first-order chi connectivity index (χ1) is 12.9. The molecular weight excluding hydrogens is 396 g/mol. The number of carbonyl (C=O) groups is 1. The lowest BCUT2D eigenvalue weighted by molar-refractivity contribution is 0.0696. The molecule has 0 aliphatic heterocycles. The molecule has 0 amide bonds. The third-order valence-corrected chi connectivity index (χ3v) is 4.84. The second-order valence-electron chi connectivity index (χ2n) is 5.40. The molecule has 0 unspecified atom stereocenters. The molecule has 1 heterocycles. The van der Waals surface area contributed by atoms with Gasteiger partial charge < -0.3 is 5.11 Å². The number of hydrazone groups is 1. The molecule has 0 saturated heterocycles. The lowest BCUT2D eigenvalue weighted by Gasteiger charge is -2.08. The Bertz CT molecular complexity index is 1040. The summed E-state index contributed by atoms with van der Waals surface area (Å²) in [5.74, 6) is -1.94. The molecule has 0 saturated carbocycles. The van der Waals surface area contributed by atoms with Crippen LogP contribution in [0.4, 0.5) is 13.9 Å². The Hall–Kier alpha value is -2.84. The van der Waals surface area contributed by atoms with Gasteiger partial charge >= 0.3 is 5.97 Å². The maximum atomic E-state index is 14.3. The molecule has 5 nitrogen and oxygen atoms in total. The van der Waals surface area contributed by atoms with Gasteiger partial charge in [-0.3, -0.25) is 0 Å². The molecule has 27 heavy (non-hydrogen) atoms. The largest absolute Gasteiger partial charge is 0.478 e. The predicted octanol–water partition coefficient (Wildman–Crippen LogP) is 4.91. The molecular formula is C18H12ClF2N3O2S. The number of carboxylic acid groups (broad SMARTS) is 1. The predicted molar refractivity (Wildman–Crippen MR) is 102 cm³/mol. The van der Waals surface area contributed by atoms with E-state index < -0.39 is 16.9 Å². The van der Waals surface area contributed by atoms with Crippen LogP contribution in [0.25, 0.3) is 11.3 Å². The van der Waals surface area contributed by atoms with Crippen molar-refractivity contribution in [2.75, 3.05) is 12.1 Å². The van der Waals surface area contributed by atoms with E-state index in [-0.39, 0.29) is 22.0 Å². The van der Waals surface area contributed by atoms with E-state index in [9.17, 15) is 13.6 Å². The monoisotopic (exact) mass is 407 g/mol. The Morgan fingerprint density at radius 3 is 2.74 bits per heavy atom. The number of hydrogen-bond donors (Lipinski definition) is 1. The molecule has 3 rings (SSSR count). The molecule has 9 heteroatoms. The standard InChI is InChI=1S/C18H12ClF2N3O2S/c1-24(22-9-10-6-7-11(20)8-13(10)17(25)26)18-23-15(16(21)27-18)12-4-2-3-5-14(12)19/h2-9H,1H3,(H,25,26)/b22-9+. The van der Waals surface area contributed by atoms with Crippen LogP contribution in [0.5, 0.6) is 0 Å². The first kappa shape index (κ1) is 18.9. The van der Waals surface area contributed by atoms with Gasteiger partial charge in [0.1, 0.15) is 11.5 Å². The maximum absolute atomic E-state index is 14.3. The van der Waals surface area contributed by atoms with E-state index >= 15 is 0 Å². The molecule has 0 atom stereocenters. The van der Waals surface area contributed by atoms with Crippen LogP contribution in [0.15, 0.2) is 47.6 Å². The first-order valence-corrected chi connectivity index (χ1v) is 8.78. The van der Waals surface area contributed by atoms with Gasteiger partial charge in [-0.25, -0.2) is 19.2 Å². The fourth-order valence-electron chi connectivity index (χ4n) is 2.27. The van der Waals surface area contributed by atoms with Crippen LogP contribution in [0.2, 0.25) is 5.02 Å². The second kappa shape index (κ2) is 7.81. The van der Waals surface area contributed by atoms with Crippen molar-refractivity contribution in [3.63, 3.8) is 0 Å². The Kier molecular flexibility index (Phi) is 5.48. The number of aromatic carboxylic acids is 1. The van der Waals surface area contributed by atoms with Gasteiger partial charge in [-0.1, -0.05) is 41.1 Å². The molecule has 0 radical (unpaired) electrons. The number of carboxylic acids is 1. The summed E-state index contributed by atoms with van der Waals surface area (Å²) in [6.07, 6.45) is 1.25. The highest BCUT2D eigenvalue weighted by atomic mass is 35.5. The average molecular weight is 408 g/mol. The molecule has 1 aromatic heterocycles. The van der Waals surface area contributed by atoms with Gasteiger partial charge in [0.15, 0.2) is 0 Å². The van der Waals surface area contributed by atoms with Gasteiger partial charge in [0.05, 0.1) is 16.8 Å². The van der Waals surface area contributed by atoms with E-state index in [1.54, 1.807) is 24.3 Å². The number of anilines is 1. The van der Waals surface area contributed by atoms with Crippen molar-refractivity contribution in [3.05, 3.63) is 69.6 Å². The van der Waals surface area contributed by atoms with Gasteiger partial charge in [0.2, 0.25) is 10.3 Å². The SMILES string of the molecule is CN(/N=C/c1ccc(F)cc1C(=O)O)c1nc(-c2ccccc2Cl)c(F)s1. The third-order valence-electron chi connectivity index (χ3n) is 3.60. The zero-order valence-electron chi connectivity index (χ0n) is 13.9. The molecule has 1 N–H and O–H groups in total. The maximum Gasteiger partial charge on any atom is 0.336 e. The van der Waals surface area contributed by atoms with E-state index in [1.165, 1.54) is 24.3 Å². The van der Waals surface area contributed by atoms with Gasteiger partial charge in [-0.05, 0) is 24.3 Å². The van der Waals surface area contributed by atoms with Gasteiger partial charge in [-0.15, -0.1) is 0 Å². The molecule has 0 spiro atoms. The molecule has 138 valence electrons. The highest BCUT2D eigenvalue weighted by molar-refractivity contribution is 7.14. The van der Waals surface area contributed by atoms with Crippen LogP contribution in [-0.2, 0) is 0 Å². The highest BCUT2D eigenvalue weighted by Crippen LogP contribution is 2.34. The summed E-state index contributed by atoms with van der Waals surface area (Å²) in [6.45, 7) is 0. The molecule has 0 fully saturated rings. The Morgan fingerprint density at radius 2 is 2.04 bits per heavy atom. The van der Waals surface area contributed by atoms with Crippen LogP contribution in [-0.4, -0.2) is 29.3 Å². The number of thiazole rings is 1. The normalized spacial score (nSPS) is 11.1. The zero-order valence-corrected chi connectivity index (χ0v) is 15.4. The van der Waals surface area contributed by atoms with E-state index in [0.29, 0.717) is 10.6 Å². The topological polar surface area (TPSA) is 65.8 Å². The average Bonchev–Trinajstić information content (AvgIpc) is 3.02. The highest BCUT2D eigenvalue weighted by Gasteiger charge is 2.17. The van der Waals surface area contributed by atoms with E-state index in [0.717, 1.165) is 23.5 Å². The molecule has 2 aromatic carbocycles. The minimum atomic E-state index is -1.28. The van der Waals surface area contributed by atoms with Crippen molar-refractivity contribution >= 4 is 40.3 Å². The number of aromatic nitrogens is 1. The quantitative estimate of drug-likeness (QED) is 0.482. The third kappa shape index (κ3) is 4.12. The van der Waals surface area contributed by atoms with Crippen molar-refractivity contribution < 1.29 is 18.7 Å². The summed E-state index contributed by atoms with van der Waals surface area (Å²) in [4.78, 5) is 15.4. The lowest BCUT2D eigenvalue weighted by atomic mass is 10.1. The van der Waals surface area contributed by atoms with Crippen molar-refractivity contribution in [1.29, 1.82) is 0 Å². The van der Waals surface area contributed by atoms with Crippen LogP contribution in [0.3, 0.4) is 0 Å². The summed E-state index contributed by atoms with van der Waals surface area (Å²) in [5.41, 5.74) is 0.548. The Balaban J connectivity index is 1.89. The molecule has 0 aliphatic carbocycles. The summed E-state index contributed by atoms with van der Waals surface area (Å²) in [7, 11) is 1.54. The Morgan fingerprint density at radius 1 is 1.30 bits per heavy atom. The summed E-state index contributed by atoms with van der Waals surface area (Å²) >= 11 is 6.86. The van der Waals surface area contributed by atoms with Crippen LogP contribution in [0, 0.1) is 10.9 Å². The first-order valence-electron chi connectivity index (χ1n) is 7.58. The zero-order chi connectivity index (χ0) is 19.6. The van der Waals surface area contributed by atoms with Gasteiger partial charge in [0, 0.05) is 18.2 Å². The number of benzene rings is 2. The van der Waals surface area contributed by atoms with E-state index in [2.05, 4.69) is 10.1 Å². The molecule has 0 bridgehead atoms. The lowest BCUT2D eigenvalue weighted by Crippen LogP contribution is -2.10. The van der Waals surface area contributed by atoms with Gasteiger partial charge in [0.25, 0.3) is 0 Å².